The maximum atomic E-state index is 15.8. The van der Waals surface area contributed by atoms with E-state index in [9.17, 15) is 30.7 Å². The van der Waals surface area contributed by atoms with E-state index in [2.05, 4.69) is 0 Å². The lowest BCUT2D eigenvalue weighted by molar-refractivity contribution is 0.414. The topological polar surface area (TPSA) is 3.24 Å². The van der Waals surface area contributed by atoms with Gasteiger partial charge in [0.25, 0.3) is 0 Å². The Morgan fingerprint density at radius 3 is 1.22 bits per heavy atom. The molecule has 0 radical (unpaired) electrons. The number of halogens is 12. The molecule has 0 spiro atoms. The summed E-state index contributed by atoms with van der Waals surface area (Å²) < 4.78 is 176. The fourth-order valence-electron chi connectivity index (χ4n) is 4.05. The fraction of sp³-hybridized carbons (Fsp3) is 0.130. The van der Waals surface area contributed by atoms with Crippen molar-refractivity contribution in [1.82, 2.24) is 0 Å². The van der Waals surface area contributed by atoms with Gasteiger partial charge in [0, 0.05) is 0 Å². The van der Waals surface area contributed by atoms with Crippen molar-refractivity contribution in [2.75, 3.05) is 4.57 Å². The van der Waals surface area contributed by atoms with Crippen molar-refractivity contribution >= 4 is 41.2 Å². The molecule has 4 aromatic carbocycles. The van der Waals surface area contributed by atoms with E-state index < -0.39 is 111 Å². The smallest absolute Gasteiger partial charge is 0.198 e. The molecule has 0 atom stereocenters. The molecule has 0 heterocycles. The van der Waals surface area contributed by atoms with E-state index in [0.717, 1.165) is 0 Å². The Morgan fingerprint density at radius 1 is 0.405 bits per heavy atom. The van der Waals surface area contributed by atoms with Crippen molar-refractivity contribution in [2.45, 2.75) is 19.6 Å². The minimum atomic E-state index is -3.57. The zero-order valence-electron chi connectivity index (χ0n) is 18.6. The van der Waals surface area contributed by atoms with Crippen molar-refractivity contribution < 1.29 is 52.7 Å². The minimum Gasteiger partial charge on any atom is -0.360 e. The van der Waals surface area contributed by atoms with Gasteiger partial charge in [0.05, 0.1) is 21.5 Å². The first-order valence-electron chi connectivity index (χ1n) is 10.1. The van der Waals surface area contributed by atoms with Crippen molar-refractivity contribution in [3.63, 3.8) is 0 Å². The molecule has 196 valence electrons. The van der Waals surface area contributed by atoms with Crippen LogP contribution in [0.25, 0.3) is 21.5 Å². The van der Waals surface area contributed by atoms with Gasteiger partial charge in [-0.05, 0) is 12.1 Å². The number of fused-ring (bicyclic) bond motifs is 2. The summed E-state index contributed by atoms with van der Waals surface area (Å²) in [5, 5.41) is -7.80. The SMILES string of the molecule is C[Si](C)(C)N(c1c(F)ccc(F)c1F)c1c(F)c(F)c2c(F)c3c(F)c(F)c(F)c(F)c3c(F)c2c1F. The first-order chi connectivity index (χ1) is 17.0. The highest BCUT2D eigenvalue weighted by atomic mass is 28.3. The molecule has 1 nitrogen and oxygen atoms in total. The van der Waals surface area contributed by atoms with E-state index >= 15 is 22.0 Å². The third-order valence-electron chi connectivity index (χ3n) is 5.58. The van der Waals surface area contributed by atoms with Crippen LogP contribution in [0.2, 0.25) is 19.6 Å². The summed E-state index contributed by atoms with van der Waals surface area (Å²) in [5.74, 6) is -27.3. The second kappa shape index (κ2) is 8.57. The molecule has 0 N–H and O–H groups in total. The molecule has 0 saturated carbocycles. The molecule has 0 aliphatic heterocycles. The van der Waals surface area contributed by atoms with Gasteiger partial charge in [-0.2, -0.15) is 0 Å². The first kappa shape index (κ1) is 26.6. The summed E-state index contributed by atoms with van der Waals surface area (Å²) in [6.45, 7) is 3.63. The highest BCUT2D eigenvalue weighted by molar-refractivity contribution is 6.81. The standard InChI is InChI=1S/C23H11F12NSi/c1-37(2,3)36(22-7(25)5-4-6(24)12(22)26)23-18(32)11-10(17(31)21(23)35)13(27)8-9(14(11)28)16(30)20(34)19(33)15(8)29/h4-5H,1-3H3. The van der Waals surface area contributed by atoms with Crippen LogP contribution in [0.5, 0.6) is 0 Å². The summed E-state index contributed by atoms with van der Waals surface area (Å²) in [6, 6.07) is 0.730. The molecule has 14 heteroatoms. The van der Waals surface area contributed by atoms with Gasteiger partial charge in [0.15, 0.2) is 60.6 Å². The van der Waals surface area contributed by atoms with Gasteiger partial charge >= 0.3 is 0 Å². The molecule has 4 rings (SSSR count). The van der Waals surface area contributed by atoms with Gasteiger partial charge in [-0.1, -0.05) is 19.6 Å². The summed E-state index contributed by atoms with van der Waals surface area (Å²) >= 11 is 0. The van der Waals surface area contributed by atoms with Crippen LogP contribution in [0.15, 0.2) is 12.1 Å². The molecular weight excluding hydrogens is 546 g/mol. The van der Waals surface area contributed by atoms with Crippen LogP contribution in [-0.2, 0) is 0 Å². The minimum absolute atomic E-state index is 0.206. The summed E-state index contributed by atoms with van der Waals surface area (Å²) in [7, 11) is -3.57. The Morgan fingerprint density at radius 2 is 0.784 bits per heavy atom. The molecule has 0 amide bonds. The average molecular weight is 557 g/mol. The maximum absolute atomic E-state index is 15.8. The lowest BCUT2D eigenvalue weighted by Gasteiger charge is -2.37. The van der Waals surface area contributed by atoms with E-state index in [-0.39, 0.29) is 4.57 Å². The molecule has 0 fully saturated rings. The normalized spacial score (nSPS) is 12.2. The lowest BCUT2D eigenvalue weighted by Crippen LogP contribution is -2.45. The first-order valence-corrected chi connectivity index (χ1v) is 13.5. The molecule has 4 aromatic rings. The number of hydrogen-bond acceptors (Lipinski definition) is 1. The van der Waals surface area contributed by atoms with Crippen LogP contribution in [0.4, 0.5) is 64.1 Å². The Bertz CT molecular complexity index is 1640. The summed E-state index contributed by atoms with van der Waals surface area (Å²) in [5.41, 5.74) is -3.11. The second-order valence-electron chi connectivity index (χ2n) is 8.87. The Labute approximate surface area is 200 Å². The van der Waals surface area contributed by atoms with Gasteiger partial charge in [0.1, 0.15) is 28.8 Å². The highest BCUT2D eigenvalue weighted by Gasteiger charge is 2.39. The van der Waals surface area contributed by atoms with Crippen molar-refractivity contribution in [1.29, 1.82) is 0 Å². The van der Waals surface area contributed by atoms with Gasteiger partial charge in [-0.3, -0.25) is 0 Å². The van der Waals surface area contributed by atoms with E-state index in [1.54, 1.807) is 0 Å². The van der Waals surface area contributed by atoms with E-state index in [4.69, 9.17) is 0 Å². The van der Waals surface area contributed by atoms with Crippen LogP contribution >= 0.6 is 0 Å². The molecule has 0 aliphatic carbocycles. The Kier molecular flexibility index (Phi) is 6.17. The summed E-state index contributed by atoms with van der Waals surface area (Å²) in [6.07, 6.45) is 0. The van der Waals surface area contributed by atoms with Gasteiger partial charge in [-0.15, -0.1) is 0 Å². The fourth-order valence-corrected chi connectivity index (χ4v) is 5.80. The predicted molar refractivity (Wildman–Crippen MR) is 113 cm³/mol. The van der Waals surface area contributed by atoms with E-state index in [0.29, 0.717) is 12.1 Å². The second-order valence-corrected chi connectivity index (χ2v) is 13.7. The molecule has 0 bridgehead atoms. The van der Waals surface area contributed by atoms with Crippen molar-refractivity contribution in [3.8, 4) is 0 Å². The third-order valence-corrected chi connectivity index (χ3v) is 7.37. The molecule has 0 saturated heterocycles. The number of anilines is 2. The Balaban J connectivity index is 2.30. The van der Waals surface area contributed by atoms with E-state index in [1.807, 2.05) is 0 Å². The van der Waals surface area contributed by atoms with Gasteiger partial charge < -0.3 is 4.57 Å². The lowest BCUT2D eigenvalue weighted by atomic mass is 9.98. The predicted octanol–water partition coefficient (Wildman–Crippen LogP) is 8.64. The largest absolute Gasteiger partial charge is 0.360 e. The van der Waals surface area contributed by atoms with Crippen LogP contribution in [0.3, 0.4) is 0 Å². The average Bonchev–Trinajstić information content (AvgIpc) is 2.81. The molecule has 0 unspecified atom stereocenters. The van der Waals surface area contributed by atoms with E-state index in [1.165, 1.54) is 19.6 Å². The third kappa shape index (κ3) is 3.63. The molecule has 0 aromatic heterocycles. The number of rotatable bonds is 3. The zero-order chi connectivity index (χ0) is 27.9. The molecular formula is C23H11F12NSi. The van der Waals surface area contributed by atoms with Crippen LogP contribution in [0, 0.1) is 69.8 Å². The number of hydrogen-bond donors (Lipinski definition) is 0. The number of benzene rings is 4. The molecule has 0 aliphatic rings. The maximum Gasteiger partial charge on any atom is 0.198 e. The monoisotopic (exact) mass is 557 g/mol. The van der Waals surface area contributed by atoms with Gasteiger partial charge in [0.2, 0.25) is 0 Å². The van der Waals surface area contributed by atoms with Crippen LogP contribution in [0.1, 0.15) is 0 Å². The van der Waals surface area contributed by atoms with Crippen LogP contribution < -0.4 is 4.57 Å². The van der Waals surface area contributed by atoms with Crippen LogP contribution in [-0.4, -0.2) is 8.24 Å². The quantitative estimate of drug-likeness (QED) is 0.0802. The van der Waals surface area contributed by atoms with Crippen molar-refractivity contribution in [2.24, 2.45) is 0 Å². The highest BCUT2D eigenvalue weighted by Crippen LogP contribution is 2.45. The van der Waals surface area contributed by atoms with Gasteiger partial charge in [-0.25, -0.2) is 52.7 Å². The zero-order valence-corrected chi connectivity index (χ0v) is 19.6. The number of nitrogens with zero attached hydrogens (tertiary/aromatic N) is 1. The Hall–Kier alpha value is -3.42. The summed E-state index contributed by atoms with van der Waals surface area (Å²) in [4.78, 5) is 0. The molecule has 37 heavy (non-hydrogen) atoms. The van der Waals surface area contributed by atoms with Crippen molar-refractivity contribution in [3.05, 3.63) is 81.9 Å².